The maximum atomic E-state index is 12.8. The van der Waals surface area contributed by atoms with E-state index in [1.165, 1.54) is 17.9 Å². The molecule has 4 aromatic rings. The van der Waals surface area contributed by atoms with Crippen molar-refractivity contribution in [3.63, 3.8) is 0 Å². The summed E-state index contributed by atoms with van der Waals surface area (Å²) >= 11 is 4.44. The van der Waals surface area contributed by atoms with Gasteiger partial charge in [-0.3, -0.25) is 4.79 Å². The maximum Gasteiger partial charge on any atom is 0.266 e. The summed E-state index contributed by atoms with van der Waals surface area (Å²) in [5, 5.41) is 14.8. The molecule has 0 fully saturated rings. The summed E-state index contributed by atoms with van der Waals surface area (Å²) in [6.07, 6.45) is 1.58. The second kappa shape index (κ2) is 11.8. The quantitative estimate of drug-likeness (QED) is 0.123. The number of fused-ring (bicyclic) bond motifs is 1. The van der Waals surface area contributed by atoms with Crippen LogP contribution in [-0.2, 0) is 11.4 Å². The number of nitrogens with one attached hydrogen (secondary N) is 1. The van der Waals surface area contributed by atoms with E-state index in [0.29, 0.717) is 18.0 Å². The zero-order valence-electron chi connectivity index (χ0n) is 19.6. The fourth-order valence-corrected chi connectivity index (χ4v) is 5.92. The van der Waals surface area contributed by atoms with E-state index in [4.69, 9.17) is 9.47 Å². The van der Waals surface area contributed by atoms with Crippen LogP contribution in [0.15, 0.2) is 78.4 Å². The van der Waals surface area contributed by atoms with Crippen LogP contribution in [0.25, 0.3) is 16.8 Å². The number of methoxy groups -OCH3 is 1. The van der Waals surface area contributed by atoms with Gasteiger partial charge in [0.25, 0.3) is 5.91 Å². The second-order valence-corrected chi connectivity index (χ2v) is 10.4. The normalized spacial score (nSPS) is 11.1. The molecule has 0 spiro atoms. The van der Waals surface area contributed by atoms with Crippen molar-refractivity contribution < 1.29 is 14.3 Å². The number of nitriles is 1. The lowest BCUT2D eigenvalue weighted by atomic mass is 10.1. The van der Waals surface area contributed by atoms with Gasteiger partial charge >= 0.3 is 0 Å². The summed E-state index contributed by atoms with van der Waals surface area (Å²) in [4.78, 5) is 12.8. The third-order valence-corrected chi connectivity index (χ3v) is 7.15. The Morgan fingerprint density at radius 1 is 1.03 bits per heavy atom. The molecule has 36 heavy (non-hydrogen) atoms. The first-order valence-electron chi connectivity index (χ1n) is 11.1. The average molecular weight is 700 g/mol. The molecule has 1 amide bonds. The SMILES string of the molecule is COc1ccc(C)cc1NC(=O)/C(C#N)=C/c1cc(I)c(OCc2cccc3ccccc23)c(I)c1. The van der Waals surface area contributed by atoms with Crippen molar-refractivity contribution >= 4 is 73.6 Å². The van der Waals surface area contributed by atoms with Gasteiger partial charge in [-0.05, 0) is 110 Å². The minimum Gasteiger partial charge on any atom is -0.495 e. The molecule has 0 aromatic heterocycles. The summed E-state index contributed by atoms with van der Waals surface area (Å²) in [6, 6.07) is 25.7. The fraction of sp³-hybridized carbons (Fsp3) is 0.103. The maximum absolute atomic E-state index is 12.8. The van der Waals surface area contributed by atoms with Crippen LogP contribution in [-0.4, -0.2) is 13.0 Å². The Balaban J connectivity index is 1.54. The van der Waals surface area contributed by atoms with Crippen LogP contribution in [0.3, 0.4) is 0 Å². The van der Waals surface area contributed by atoms with Gasteiger partial charge in [0.05, 0.1) is 19.9 Å². The molecule has 0 heterocycles. The Kier molecular flexibility index (Phi) is 8.48. The number of rotatable bonds is 7. The number of halogens is 2. The first kappa shape index (κ1) is 26.0. The van der Waals surface area contributed by atoms with Gasteiger partial charge in [-0.25, -0.2) is 0 Å². The summed E-state index contributed by atoms with van der Waals surface area (Å²) in [5.41, 5.74) is 3.33. The highest BCUT2D eigenvalue weighted by molar-refractivity contribution is 14.1. The van der Waals surface area contributed by atoms with Crippen LogP contribution in [0.1, 0.15) is 16.7 Å². The van der Waals surface area contributed by atoms with Gasteiger partial charge < -0.3 is 14.8 Å². The molecule has 4 aromatic carbocycles. The molecule has 0 atom stereocenters. The van der Waals surface area contributed by atoms with Gasteiger partial charge in [0.1, 0.15) is 29.7 Å². The van der Waals surface area contributed by atoms with E-state index >= 15 is 0 Å². The zero-order valence-corrected chi connectivity index (χ0v) is 24.0. The highest BCUT2D eigenvalue weighted by atomic mass is 127. The number of benzene rings is 4. The van der Waals surface area contributed by atoms with Crippen LogP contribution in [0.2, 0.25) is 0 Å². The molecule has 7 heteroatoms. The highest BCUT2D eigenvalue weighted by Gasteiger charge is 2.15. The molecule has 4 rings (SSSR count). The van der Waals surface area contributed by atoms with Crippen LogP contribution < -0.4 is 14.8 Å². The van der Waals surface area contributed by atoms with Gasteiger partial charge in [0, 0.05) is 0 Å². The number of ether oxygens (including phenoxy) is 2. The molecule has 0 saturated heterocycles. The van der Waals surface area contributed by atoms with Crippen molar-refractivity contribution in [3.8, 4) is 17.6 Å². The molecule has 5 nitrogen and oxygen atoms in total. The Morgan fingerprint density at radius 2 is 1.75 bits per heavy atom. The minimum absolute atomic E-state index is 0.00502. The van der Waals surface area contributed by atoms with E-state index in [0.717, 1.165) is 29.6 Å². The molecule has 0 aliphatic carbocycles. The summed E-state index contributed by atoms with van der Waals surface area (Å²) in [7, 11) is 1.54. The van der Waals surface area contributed by atoms with Gasteiger partial charge in [-0.15, -0.1) is 0 Å². The first-order valence-corrected chi connectivity index (χ1v) is 13.2. The Bertz CT molecular complexity index is 1490. The smallest absolute Gasteiger partial charge is 0.266 e. The number of aryl methyl sites for hydroxylation is 1. The third-order valence-electron chi connectivity index (χ3n) is 5.55. The van der Waals surface area contributed by atoms with Crippen molar-refractivity contribution in [2.75, 3.05) is 12.4 Å². The molecular formula is C29H22I2N2O3. The summed E-state index contributed by atoms with van der Waals surface area (Å²) in [6.45, 7) is 2.36. The van der Waals surface area contributed by atoms with Gasteiger partial charge in [-0.2, -0.15) is 5.26 Å². The van der Waals surface area contributed by atoms with E-state index in [1.54, 1.807) is 18.2 Å². The number of anilines is 1. The topological polar surface area (TPSA) is 71.3 Å². The van der Waals surface area contributed by atoms with E-state index in [2.05, 4.69) is 74.8 Å². The zero-order chi connectivity index (χ0) is 25.7. The highest BCUT2D eigenvalue weighted by Crippen LogP contribution is 2.32. The molecule has 180 valence electrons. The molecular weight excluding hydrogens is 678 g/mol. The van der Waals surface area contributed by atoms with Crippen LogP contribution >= 0.6 is 45.2 Å². The van der Waals surface area contributed by atoms with Crippen molar-refractivity contribution in [1.29, 1.82) is 5.26 Å². The van der Waals surface area contributed by atoms with Crippen LogP contribution in [0.4, 0.5) is 5.69 Å². The van der Waals surface area contributed by atoms with E-state index in [1.807, 2.05) is 49.4 Å². The van der Waals surface area contributed by atoms with E-state index in [-0.39, 0.29) is 5.57 Å². The molecule has 0 radical (unpaired) electrons. The molecule has 1 N–H and O–H groups in total. The van der Waals surface area contributed by atoms with Crippen molar-refractivity contribution in [2.24, 2.45) is 0 Å². The molecule has 0 saturated carbocycles. The van der Waals surface area contributed by atoms with Gasteiger partial charge in [0.15, 0.2) is 0 Å². The first-order chi connectivity index (χ1) is 17.4. The fourth-order valence-electron chi connectivity index (χ4n) is 3.79. The lowest BCUT2D eigenvalue weighted by Gasteiger charge is -2.13. The lowest BCUT2D eigenvalue weighted by Crippen LogP contribution is -2.14. The van der Waals surface area contributed by atoms with Gasteiger partial charge in [0.2, 0.25) is 0 Å². The number of hydrogen-bond donors (Lipinski definition) is 1. The number of amides is 1. The van der Waals surface area contributed by atoms with Crippen LogP contribution in [0.5, 0.6) is 11.5 Å². The molecule has 0 bridgehead atoms. The summed E-state index contributed by atoms with van der Waals surface area (Å²) in [5.74, 6) is 0.805. The van der Waals surface area contributed by atoms with Crippen LogP contribution in [0, 0.1) is 25.4 Å². The number of hydrogen-bond acceptors (Lipinski definition) is 4. The number of carbonyl (C=O) groups excluding carboxylic acids is 1. The Morgan fingerprint density at radius 3 is 2.47 bits per heavy atom. The van der Waals surface area contributed by atoms with Crippen molar-refractivity contribution in [1.82, 2.24) is 0 Å². The average Bonchev–Trinajstić information content (AvgIpc) is 2.87. The predicted molar refractivity (Wildman–Crippen MR) is 160 cm³/mol. The lowest BCUT2D eigenvalue weighted by molar-refractivity contribution is -0.112. The second-order valence-electron chi connectivity index (χ2n) is 8.07. The predicted octanol–water partition coefficient (Wildman–Crippen LogP) is 7.49. The monoisotopic (exact) mass is 700 g/mol. The van der Waals surface area contributed by atoms with E-state index in [9.17, 15) is 10.1 Å². The Hall–Kier alpha value is -3.10. The molecule has 0 aliphatic rings. The minimum atomic E-state index is -0.498. The number of nitrogens with zero attached hydrogens (tertiary/aromatic N) is 1. The third kappa shape index (κ3) is 5.99. The Labute approximate surface area is 237 Å². The standard InChI is InChI=1S/C29H22I2N2O3/c1-18-10-11-27(35-2)26(12-18)33-29(34)22(16-32)13-19-14-24(30)28(25(31)15-19)36-17-21-8-5-7-20-6-3-4-9-23(20)21/h3-15H,17H2,1-2H3,(H,33,34)/b22-13+. The summed E-state index contributed by atoms with van der Waals surface area (Å²) < 4.78 is 13.3. The van der Waals surface area contributed by atoms with Crippen molar-refractivity contribution in [2.45, 2.75) is 13.5 Å². The molecule has 0 aliphatic heterocycles. The molecule has 0 unspecified atom stereocenters. The van der Waals surface area contributed by atoms with Gasteiger partial charge in [-0.1, -0.05) is 48.5 Å². The largest absolute Gasteiger partial charge is 0.495 e. The number of carbonyl (C=O) groups is 1. The van der Waals surface area contributed by atoms with E-state index < -0.39 is 5.91 Å². The van der Waals surface area contributed by atoms with Crippen molar-refractivity contribution in [3.05, 3.63) is 102 Å².